The van der Waals surface area contributed by atoms with Crippen LogP contribution in [-0.4, -0.2) is 37.9 Å². The van der Waals surface area contributed by atoms with Crippen LogP contribution in [0.25, 0.3) is 0 Å². The molecule has 0 aliphatic carbocycles. The minimum Gasteiger partial charge on any atom is -0.381 e. The van der Waals surface area contributed by atoms with Gasteiger partial charge in [0.25, 0.3) is 0 Å². The highest BCUT2D eigenvalue weighted by atomic mass is 32.2. The number of amidine groups is 1. The van der Waals surface area contributed by atoms with E-state index in [4.69, 9.17) is 4.74 Å². The predicted molar refractivity (Wildman–Crippen MR) is 79.8 cm³/mol. The van der Waals surface area contributed by atoms with Gasteiger partial charge < -0.3 is 10.1 Å². The van der Waals surface area contributed by atoms with Crippen molar-refractivity contribution in [1.29, 1.82) is 0 Å². The molecule has 0 amide bonds. The number of thioether (sulfide) groups is 1. The SMILES string of the molecule is CCOCCSc1ccccc1C1=NCCCN1.[HH]. The third-order valence-electron chi connectivity index (χ3n) is 2.73. The third-order valence-corrected chi connectivity index (χ3v) is 3.77. The molecule has 0 atom stereocenters. The van der Waals surface area contributed by atoms with E-state index in [1.165, 1.54) is 10.5 Å². The van der Waals surface area contributed by atoms with E-state index < -0.39 is 0 Å². The molecule has 4 heteroatoms. The van der Waals surface area contributed by atoms with Crippen LogP contribution in [0.2, 0.25) is 0 Å². The monoisotopic (exact) mass is 266 g/mol. The van der Waals surface area contributed by atoms with Crippen LogP contribution >= 0.6 is 11.8 Å². The third kappa shape index (κ3) is 3.75. The lowest BCUT2D eigenvalue weighted by Crippen LogP contribution is -2.30. The fourth-order valence-electron chi connectivity index (χ4n) is 1.86. The molecule has 0 spiro atoms. The van der Waals surface area contributed by atoms with Gasteiger partial charge in [-0.3, -0.25) is 4.99 Å². The number of rotatable bonds is 6. The predicted octanol–water partition coefficient (Wildman–Crippen LogP) is 2.80. The van der Waals surface area contributed by atoms with Crippen LogP contribution in [0.1, 0.15) is 20.3 Å². The fourth-order valence-corrected chi connectivity index (χ4v) is 2.77. The number of ether oxygens (including phenoxy) is 1. The maximum Gasteiger partial charge on any atom is 0.129 e. The molecule has 18 heavy (non-hydrogen) atoms. The molecule has 1 heterocycles. The summed E-state index contributed by atoms with van der Waals surface area (Å²) in [7, 11) is 0. The first-order valence-electron chi connectivity index (χ1n) is 6.50. The molecular formula is C14H22N2OS. The van der Waals surface area contributed by atoms with E-state index in [0.717, 1.165) is 44.3 Å². The van der Waals surface area contributed by atoms with Gasteiger partial charge in [-0.2, -0.15) is 0 Å². The van der Waals surface area contributed by atoms with Crippen molar-refractivity contribution in [1.82, 2.24) is 5.32 Å². The van der Waals surface area contributed by atoms with E-state index in [1.54, 1.807) is 0 Å². The number of benzene rings is 1. The molecule has 0 bridgehead atoms. The lowest BCUT2D eigenvalue weighted by atomic mass is 10.2. The normalized spacial score (nSPS) is 15.1. The number of hydrogen-bond acceptors (Lipinski definition) is 4. The van der Waals surface area contributed by atoms with Crippen LogP contribution in [0.3, 0.4) is 0 Å². The molecule has 1 aliphatic rings. The Labute approximate surface area is 115 Å². The summed E-state index contributed by atoms with van der Waals surface area (Å²) in [6, 6.07) is 8.45. The van der Waals surface area contributed by atoms with Gasteiger partial charge in [0.15, 0.2) is 0 Å². The number of hydrogen-bond donors (Lipinski definition) is 1. The van der Waals surface area contributed by atoms with Crippen molar-refractivity contribution in [2.24, 2.45) is 4.99 Å². The van der Waals surface area contributed by atoms with Crippen LogP contribution in [0.15, 0.2) is 34.2 Å². The summed E-state index contributed by atoms with van der Waals surface area (Å²) < 4.78 is 5.37. The standard InChI is InChI=1S/C14H20N2OS.H2/c1-2-17-10-11-18-13-7-4-3-6-12(13)14-15-8-5-9-16-14;/h3-4,6-7H,2,5,8-11H2,1H3,(H,15,16);1H. The molecule has 1 aromatic carbocycles. The maximum atomic E-state index is 5.37. The van der Waals surface area contributed by atoms with E-state index in [1.807, 2.05) is 18.7 Å². The second-order valence-electron chi connectivity index (χ2n) is 4.05. The first-order valence-corrected chi connectivity index (χ1v) is 7.48. The smallest absolute Gasteiger partial charge is 0.129 e. The Hall–Kier alpha value is -1.00. The van der Waals surface area contributed by atoms with Crippen LogP contribution < -0.4 is 5.32 Å². The molecule has 0 unspecified atom stereocenters. The van der Waals surface area contributed by atoms with E-state index in [9.17, 15) is 0 Å². The Kier molecular flexibility index (Phi) is 5.55. The zero-order chi connectivity index (χ0) is 12.6. The van der Waals surface area contributed by atoms with Gasteiger partial charge in [0.05, 0.1) is 6.61 Å². The minimum absolute atomic E-state index is 0. The first kappa shape index (κ1) is 13.4. The van der Waals surface area contributed by atoms with Crippen LogP contribution in [0.4, 0.5) is 0 Å². The molecular weight excluding hydrogens is 244 g/mol. The van der Waals surface area contributed by atoms with E-state index in [-0.39, 0.29) is 1.43 Å². The Balaban J connectivity index is 0.00000180. The summed E-state index contributed by atoms with van der Waals surface area (Å²) in [5, 5.41) is 3.38. The van der Waals surface area contributed by atoms with Crippen molar-refractivity contribution < 1.29 is 6.16 Å². The van der Waals surface area contributed by atoms with Crippen molar-refractivity contribution in [3.8, 4) is 0 Å². The Morgan fingerprint density at radius 3 is 3.11 bits per heavy atom. The highest BCUT2D eigenvalue weighted by Gasteiger charge is 2.11. The lowest BCUT2D eigenvalue weighted by molar-refractivity contribution is 0.164. The molecule has 0 fully saturated rings. The molecule has 3 nitrogen and oxygen atoms in total. The van der Waals surface area contributed by atoms with Gasteiger partial charge in [-0.15, -0.1) is 11.8 Å². The van der Waals surface area contributed by atoms with Gasteiger partial charge in [-0.05, 0) is 19.4 Å². The molecule has 0 aromatic heterocycles. The average molecular weight is 266 g/mol. The highest BCUT2D eigenvalue weighted by Crippen LogP contribution is 2.23. The molecule has 0 saturated carbocycles. The number of nitrogens with zero attached hydrogens (tertiary/aromatic N) is 1. The van der Waals surface area contributed by atoms with Crippen molar-refractivity contribution in [3.05, 3.63) is 29.8 Å². The molecule has 0 saturated heterocycles. The van der Waals surface area contributed by atoms with Crippen LogP contribution in [-0.2, 0) is 4.74 Å². The average Bonchev–Trinajstić information content (AvgIpc) is 2.45. The minimum atomic E-state index is 0. The Morgan fingerprint density at radius 1 is 1.44 bits per heavy atom. The van der Waals surface area contributed by atoms with E-state index in [0.29, 0.717) is 0 Å². The van der Waals surface area contributed by atoms with Crippen molar-refractivity contribution >= 4 is 17.6 Å². The quantitative estimate of drug-likeness (QED) is 0.635. The van der Waals surface area contributed by atoms with Gasteiger partial charge in [-0.1, -0.05) is 18.2 Å². The number of nitrogens with one attached hydrogen (secondary N) is 1. The van der Waals surface area contributed by atoms with Crippen LogP contribution in [0, 0.1) is 0 Å². The van der Waals surface area contributed by atoms with Gasteiger partial charge in [0, 0.05) is 37.3 Å². The molecule has 1 N–H and O–H groups in total. The molecule has 1 aliphatic heterocycles. The van der Waals surface area contributed by atoms with E-state index >= 15 is 0 Å². The van der Waals surface area contributed by atoms with Crippen molar-refractivity contribution in [3.63, 3.8) is 0 Å². The van der Waals surface area contributed by atoms with Crippen molar-refractivity contribution in [2.45, 2.75) is 18.2 Å². The summed E-state index contributed by atoms with van der Waals surface area (Å²) in [6.07, 6.45) is 1.13. The topological polar surface area (TPSA) is 33.6 Å². The van der Waals surface area contributed by atoms with Gasteiger partial charge >= 0.3 is 0 Å². The number of aliphatic imine (C=N–C) groups is 1. The second kappa shape index (κ2) is 7.44. The van der Waals surface area contributed by atoms with Gasteiger partial charge in [-0.25, -0.2) is 0 Å². The lowest BCUT2D eigenvalue weighted by Gasteiger charge is -2.17. The molecule has 100 valence electrons. The first-order chi connectivity index (χ1) is 8.92. The summed E-state index contributed by atoms with van der Waals surface area (Å²) in [5.41, 5.74) is 1.22. The highest BCUT2D eigenvalue weighted by molar-refractivity contribution is 7.99. The van der Waals surface area contributed by atoms with E-state index in [2.05, 4.69) is 34.6 Å². The largest absolute Gasteiger partial charge is 0.381 e. The Morgan fingerprint density at radius 2 is 2.33 bits per heavy atom. The van der Waals surface area contributed by atoms with Gasteiger partial charge in [0.2, 0.25) is 0 Å². The zero-order valence-electron chi connectivity index (χ0n) is 10.8. The Bertz CT molecular complexity index is 412. The summed E-state index contributed by atoms with van der Waals surface area (Å²) >= 11 is 1.83. The van der Waals surface area contributed by atoms with Gasteiger partial charge in [0.1, 0.15) is 5.84 Å². The molecule has 1 aromatic rings. The fraction of sp³-hybridized carbons (Fsp3) is 0.500. The van der Waals surface area contributed by atoms with Crippen molar-refractivity contribution in [2.75, 3.05) is 32.1 Å². The summed E-state index contributed by atoms with van der Waals surface area (Å²) in [6.45, 7) is 5.57. The maximum absolute atomic E-state index is 5.37. The second-order valence-corrected chi connectivity index (χ2v) is 5.19. The molecule has 2 rings (SSSR count). The molecule has 0 radical (unpaired) electrons. The summed E-state index contributed by atoms with van der Waals surface area (Å²) in [4.78, 5) is 5.85. The zero-order valence-corrected chi connectivity index (χ0v) is 11.6. The summed E-state index contributed by atoms with van der Waals surface area (Å²) in [5.74, 6) is 2.03. The van der Waals surface area contributed by atoms with Crippen LogP contribution in [0.5, 0.6) is 0 Å².